The standard InChI is InChI=1S/C19H12Cl2N4O4/c20-15-8-12(10-23-24-17-7-6-14(11-22-17)25(27)28)9-16(21)18(15)29-19(26)13-4-2-1-3-5-13/h1-11H,(H,22,24)/b23-10-. The second kappa shape index (κ2) is 9.13. The Kier molecular flexibility index (Phi) is 6.38. The summed E-state index contributed by atoms with van der Waals surface area (Å²) in [7, 11) is 0. The molecular formula is C19H12Cl2N4O4. The van der Waals surface area contributed by atoms with E-state index in [1.807, 2.05) is 0 Å². The molecule has 0 atom stereocenters. The fourth-order valence-electron chi connectivity index (χ4n) is 2.21. The van der Waals surface area contributed by atoms with E-state index in [0.717, 1.165) is 6.20 Å². The molecule has 0 fully saturated rings. The predicted octanol–water partition coefficient (Wildman–Crippen LogP) is 4.96. The third-order valence-corrected chi connectivity index (χ3v) is 4.14. The minimum atomic E-state index is -0.582. The third-order valence-electron chi connectivity index (χ3n) is 3.58. The second-order valence-corrected chi connectivity index (χ2v) is 6.41. The fourth-order valence-corrected chi connectivity index (χ4v) is 2.79. The van der Waals surface area contributed by atoms with Crippen molar-refractivity contribution in [2.24, 2.45) is 5.10 Å². The summed E-state index contributed by atoms with van der Waals surface area (Å²) in [5.74, 6) is -0.219. The van der Waals surface area contributed by atoms with Gasteiger partial charge in [-0.15, -0.1) is 0 Å². The minimum absolute atomic E-state index is 0.0457. The van der Waals surface area contributed by atoms with Crippen LogP contribution in [0.15, 0.2) is 65.9 Å². The Morgan fingerprint density at radius 2 is 1.83 bits per heavy atom. The zero-order valence-electron chi connectivity index (χ0n) is 14.6. The first-order valence-electron chi connectivity index (χ1n) is 8.10. The Labute approximate surface area is 174 Å². The van der Waals surface area contributed by atoms with Crippen molar-refractivity contribution in [3.05, 3.63) is 92.1 Å². The molecule has 0 bridgehead atoms. The molecule has 0 aliphatic carbocycles. The van der Waals surface area contributed by atoms with Crippen LogP contribution in [-0.4, -0.2) is 22.1 Å². The molecule has 0 saturated carbocycles. The first kappa shape index (κ1) is 20.2. The maximum Gasteiger partial charge on any atom is 0.343 e. The second-order valence-electron chi connectivity index (χ2n) is 5.60. The smallest absolute Gasteiger partial charge is 0.343 e. The lowest BCUT2D eigenvalue weighted by Crippen LogP contribution is -2.09. The number of pyridine rings is 1. The van der Waals surface area contributed by atoms with Crippen LogP contribution < -0.4 is 10.2 Å². The number of hydrazone groups is 1. The number of carbonyl (C=O) groups excluding carboxylic acids is 1. The SMILES string of the molecule is O=C(Oc1c(Cl)cc(/C=N\Nc2ccc([N+](=O)[O-])cn2)cc1Cl)c1ccccc1. The maximum absolute atomic E-state index is 12.2. The molecule has 0 spiro atoms. The zero-order valence-corrected chi connectivity index (χ0v) is 16.1. The van der Waals surface area contributed by atoms with Crippen molar-refractivity contribution in [2.45, 2.75) is 0 Å². The van der Waals surface area contributed by atoms with Crippen LogP contribution >= 0.6 is 23.2 Å². The van der Waals surface area contributed by atoms with Crippen LogP contribution in [-0.2, 0) is 0 Å². The van der Waals surface area contributed by atoms with Gasteiger partial charge in [-0.25, -0.2) is 9.78 Å². The minimum Gasteiger partial charge on any atom is -0.420 e. The number of aromatic nitrogens is 1. The molecule has 0 unspecified atom stereocenters. The van der Waals surface area contributed by atoms with Gasteiger partial charge in [0, 0.05) is 6.07 Å². The van der Waals surface area contributed by atoms with Crippen LogP contribution in [0.2, 0.25) is 10.0 Å². The molecule has 3 rings (SSSR count). The van der Waals surface area contributed by atoms with E-state index >= 15 is 0 Å². The van der Waals surface area contributed by atoms with Gasteiger partial charge in [0.1, 0.15) is 12.0 Å². The molecule has 0 saturated heterocycles. The molecule has 146 valence electrons. The molecule has 0 amide bonds. The van der Waals surface area contributed by atoms with E-state index in [1.54, 1.807) is 30.3 Å². The van der Waals surface area contributed by atoms with Crippen LogP contribution in [0.5, 0.6) is 5.75 Å². The van der Waals surface area contributed by atoms with E-state index in [0.29, 0.717) is 16.9 Å². The molecule has 2 aromatic carbocycles. The summed E-state index contributed by atoms with van der Waals surface area (Å²) in [5, 5.41) is 14.9. The quantitative estimate of drug-likeness (QED) is 0.194. The molecule has 8 nitrogen and oxygen atoms in total. The number of rotatable bonds is 6. The molecule has 1 heterocycles. The van der Waals surface area contributed by atoms with Gasteiger partial charge in [0.25, 0.3) is 5.69 Å². The zero-order chi connectivity index (χ0) is 20.8. The van der Waals surface area contributed by atoms with E-state index in [-0.39, 0.29) is 21.5 Å². The van der Waals surface area contributed by atoms with Gasteiger partial charge in [-0.1, -0.05) is 41.4 Å². The van der Waals surface area contributed by atoms with E-state index in [2.05, 4.69) is 15.5 Å². The van der Waals surface area contributed by atoms with Crippen molar-refractivity contribution >= 4 is 46.9 Å². The lowest BCUT2D eigenvalue weighted by Gasteiger charge is -2.09. The molecule has 1 N–H and O–H groups in total. The number of carbonyl (C=O) groups is 1. The molecule has 0 radical (unpaired) electrons. The number of hydrogen-bond donors (Lipinski definition) is 1. The average Bonchev–Trinajstić information content (AvgIpc) is 2.71. The number of esters is 1. The van der Waals surface area contributed by atoms with Crippen LogP contribution in [0, 0.1) is 10.1 Å². The summed E-state index contributed by atoms with van der Waals surface area (Å²) in [6.45, 7) is 0. The van der Waals surface area contributed by atoms with Gasteiger partial charge in [-0.3, -0.25) is 15.5 Å². The van der Waals surface area contributed by atoms with Crippen LogP contribution in [0.25, 0.3) is 0 Å². The highest BCUT2D eigenvalue weighted by Gasteiger charge is 2.15. The van der Waals surface area contributed by atoms with Crippen LogP contribution in [0.3, 0.4) is 0 Å². The highest BCUT2D eigenvalue weighted by atomic mass is 35.5. The predicted molar refractivity (Wildman–Crippen MR) is 110 cm³/mol. The van der Waals surface area contributed by atoms with Crippen molar-refractivity contribution in [1.82, 2.24) is 4.98 Å². The molecule has 1 aromatic heterocycles. The lowest BCUT2D eigenvalue weighted by atomic mass is 10.2. The van der Waals surface area contributed by atoms with Crippen molar-refractivity contribution in [3.63, 3.8) is 0 Å². The number of anilines is 1. The first-order valence-corrected chi connectivity index (χ1v) is 8.85. The molecule has 29 heavy (non-hydrogen) atoms. The maximum atomic E-state index is 12.2. The largest absolute Gasteiger partial charge is 0.420 e. The highest BCUT2D eigenvalue weighted by Crippen LogP contribution is 2.34. The summed E-state index contributed by atoms with van der Waals surface area (Å²) in [6.07, 6.45) is 2.53. The summed E-state index contributed by atoms with van der Waals surface area (Å²) in [5.41, 5.74) is 3.41. The number of ether oxygens (including phenoxy) is 1. The van der Waals surface area contributed by atoms with E-state index in [9.17, 15) is 14.9 Å². The van der Waals surface area contributed by atoms with E-state index in [1.165, 1.54) is 30.5 Å². The fraction of sp³-hybridized carbons (Fsp3) is 0. The number of nitro groups is 1. The van der Waals surface area contributed by atoms with Gasteiger partial charge in [0.05, 0.1) is 26.7 Å². The van der Waals surface area contributed by atoms with Crippen molar-refractivity contribution in [3.8, 4) is 5.75 Å². The number of halogens is 2. The van der Waals surface area contributed by atoms with Crippen molar-refractivity contribution in [1.29, 1.82) is 0 Å². The Morgan fingerprint density at radius 3 is 2.41 bits per heavy atom. The first-order chi connectivity index (χ1) is 13.9. The Balaban J connectivity index is 1.69. The Morgan fingerprint density at radius 1 is 1.14 bits per heavy atom. The van der Waals surface area contributed by atoms with Gasteiger partial charge in [0.15, 0.2) is 5.75 Å². The summed E-state index contributed by atoms with van der Waals surface area (Å²) in [4.78, 5) is 26.1. The monoisotopic (exact) mass is 430 g/mol. The molecule has 0 aliphatic heterocycles. The van der Waals surface area contributed by atoms with Gasteiger partial charge in [-0.2, -0.15) is 5.10 Å². The molecule has 10 heteroatoms. The van der Waals surface area contributed by atoms with Gasteiger partial charge < -0.3 is 4.74 Å². The lowest BCUT2D eigenvalue weighted by molar-refractivity contribution is -0.385. The average molecular weight is 431 g/mol. The third kappa shape index (κ3) is 5.28. The van der Waals surface area contributed by atoms with E-state index < -0.39 is 10.9 Å². The highest BCUT2D eigenvalue weighted by molar-refractivity contribution is 6.37. The normalized spacial score (nSPS) is 10.7. The summed E-state index contributed by atoms with van der Waals surface area (Å²) in [6, 6.07) is 14.2. The number of nitrogens with zero attached hydrogens (tertiary/aromatic N) is 3. The Hall–Kier alpha value is -3.49. The van der Waals surface area contributed by atoms with Crippen molar-refractivity contribution < 1.29 is 14.5 Å². The number of hydrogen-bond acceptors (Lipinski definition) is 7. The summed E-state index contributed by atoms with van der Waals surface area (Å²) >= 11 is 12.4. The molecular weight excluding hydrogens is 419 g/mol. The Bertz CT molecular complexity index is 1050. The number of benzene rings is 2. The van der Waals surface area contributed by atoms with Gasteiger partial charge in [0.2, 0.25) is 0 Å². The van der Waals surface area contributed by atoms with Crippen molar-refractivity contribution in [2.75, 3.05) is 5.43 Å². The van der Waals surface area contributed by atoms with Gasteiger partial charge in [-0.05, 0) is 35.9 Å². The van der Waals surface area contributed by atoms with Crippen LogP contribution in [0.1, 0.15) is 15.9 Å². The van der Waals surface area contributed by atoms with E-state index in [4.69, 9.17) is 27.9 Å². The van der Waals surface area contributed by atoms with Crippen LogP contribution in [0.4, 0.5) is 11.5 Å². The molecule has 3 aromatic rings. The molecule has 0 aliphatic rings. The number of nitrogens with one attached hydrogen (secondary N) is 1. The topological polar surface area (TPSA) is 107 Å². The van der Waals surface area contributed by atoms with Gasteiger partial charge >= 0.3 is 5.97 Å². The summed E-state index contributed by atoms with van der Waals surface area (Å²) < 4.78 is 5.29.